The fourth-order valence-corrected chi connectivity index (χ4v) is 4.93. The molecular formula is C24H34N2O5. The number of cyclic esters (lactones) is 1. The zero-order valence-corrected chi connectivity index (χ0v) is 18.2. The molecule has 1 aliphatic carbocycles. The lowest BCUT2D eigenvalue weighted by molar-refractivity contribution is -0.199. The van der Waals surface area contributed by atoms with Crippen molar-refractivity contribution in [2.75, 3.05) is 19.8 Å². The van der Waals surface area contributed by atoms with Crippen LogP contribution in [0.1, 0.15) is 56.9 Å². The van der Waals surface area contributed by atoms with Gasteiger partial charge in [-0.3, -0.25) is 9.63 Å². The Balaban J connectivity index is 1.40. The molecule has 3 atom stereocenters. The van der Waals surface area contributed by atoms with Crippen molar-refractivity contribution in [2.24, 2.45) is 11.8 Å². The summed E-state index contributed by atoms with van der Waals surface area (Å²) in [5, 5.41) is 0. The third-order valence-electron chi connectivity index (χ3n) is 6.64. The van der Waals surface area contributed by atoms with Gasteiger partial charge in [0.15, 0.2) is 6.29 Å². The summed E-state index contributed by atoms with van der Waals surface area (Å²) in [6, 6.07) is 9.66. The van der Waals surface area contributed by atoms with Crippen molar-refractivity contribution < 1.29 is 23.9 Å². The van der Waals surface area contributed by atoms with E-state index in [1.807, 2.05) is 30.3 Å². The van der Waals surface area contributed by atoms with Crippen molar-refractivity contribution in [3.63, 3.8) is 0 Å². The van der Waals surface area contributed by atoms with Crippen molar-refractivity contribution in [2.45, 2.75) is 70.1 Å². The molecule has 7 heteroatoms. The van der Waals surface area contributed by atoms with Gasteiger partial charge in [0.05, 0.1) is 12.0 Å². The Bertz CT molecular complexity index is 716. The van der Waals surface area contributed by atoms with E-state index in [9.17, 15) is 9.59 Å². The number of hydrogen-bond acceptors (Lipinski definition) is 6. The van der Waals surface area contributed by atoms with Gasteiger partial charge in [0.1, 0.15) is 6.61 Å². The van der Waals surface area contributed by atoms with E-state index < -0.39 is 6.09 Å². The quantitative estimate of drug-likeness (QED) is 0.600. The minimum atomic E-state index is -0.529. The molecule has 3 fully saturated rings. The predicted molar refractivity (Wildman–Crippen MR) is 115 cm³/mol. The number of benzene rings is 1. The highest BCUT2D eigenvalue weighted by atomic mass is 16.8. The van der Waals surface area contributed by atoms with Gasteiger partial charge in [-0.2, -0.15) is 5.48 Å². The summed E-state index contributed by atoms with van der Waals surface area (Å²) >= 11 is 0. The van der Waals surface area contributed by atoms with Gasteiger partial charge in [0.2, 0.25) is 5.91 Å². The third-order valence-corrected chi connectivity index (χ3v) is 6.64. The molecule has 2 aliphatic heterocycles. The molecule has 1 aromatic carbocycles. The molecule has 4 rings (SSSR count). The van der Waals surface area contributed by atoms with Crippen LogP contribution in [0.15, 0.2) is 30.3 Å². The fraction of sp³-hybridized carbons (Fsp3) is 0.667. The van der Waals surface area contributed by atoms with E-state index in [1.54, 1.807) is 0 Å². The number of carbonyl (C=O) groups excluding carboxylic acids is 2. The second kappa shape index (κ2) is 11.1. The summed E-state index contributed by atoms with van der Waals surface area (Å²) in [7, 11) is 0. The molecule has 1 N–H and O–H groups in total. The first-order chi connectivity index (χ1) is 15.2. The van der Waals surface area contributed by atoms with Crippen LogP contribution in [0.25, 0.3) is 0 Å². The summed E-state index contributed by atoms with van der Waals surface area (Å²) in [6.07, 6.45) is 8.30. The Morgan fingerprint density at radius 3 is 2.65 bits per heavy atom. The van der Waals surface area contributed by atoms with Crippen LogP contribution in [0.5, 0.6) is 0 Å². The largest absolute Gasteiger partial charge is 0.447 e. The molecule has 3 aliphatic rings. The van der Waals surface area contributed by atoms with Crippen LogP contribution in [0, 0.1) is 11.8 Å². The predicted octanol–water partition coefficient (Wildman–Crippen LogP) is 3.82. The average molecular weight is 431 g/mol. The SMILES string of the molecule is O=C1OCC(Cc2ccccc2)N1C(=O)C(CNOC1CCCCO1)CC1CCCC1. The maximum absolute atomic E-state index is 13.5. The van der Waals surface area contributed by atoms with E-state index in [0.717, 1.165) is 44.1 Å². The molecule has 2 heterocycles. The van der Waals surface area contributed by atoms with Crippen molar-refractivity contribution in [1.29, 1.82) is 0 Å². The molecule has 0 aromatic heterocycles. The van der Waals surface area contributed by atoms with Crippen LogP contribution >= 0.6 is 0 Å². The van der Waals surface area contributed by atoms with Gasteiger partial charge in [-0.05, 0) is 37.2 Å². The van der Waals surface area contributed by atoms with Crippen LogP contribution < -0.4 is 5.48 Å². The van der Waals surface area contributed by atoms with Crippen molar-refractivity contribution >= 4 is 12.0 Å². The number of nitrogens with one attached hydrogen (secondary N) is 1. The van der Waals surface area contributed by atoms with E-state index in [2.05, 4.69) is 5.48 Å². The average Bonchev–Trinajstić information content (AvgIpc) is 3.44. The molecule has 0 radical (unpaired) electrons. The highest BCUT2D eigenvalue weighted by Gasteiger charge is 2.41. The highest BCUT2D eigenvalue weighted by molar-refractivity contribution is 5.95. The maximum Gasteiger partial charge on any atom is 0.416 e. The number of carbonyl (C=O) groups is 2. The Morgan fingerprint density at radius 1 is 1.13 bits per heavy atom. The van der Waals surface area contributed by atoms with E-state index in [0.29, 0.717) is 25.5 Å². The van der Waals surface area contributed by atoms with E-state index in [-0.39, 0.29) is 30.8 Å². The molecule has 2 saturated heterocycles. The van der Waals surface area contributed by atoms with E-state index in [4.69, 9.17) is 14.3 Å². The monoisotopic (exact) mass is 430 g/mol. The summed E-state index contributed by atoms with van der Waals surface area (Å²) in [5.74, 6) is 0.0412. The number of ether oxygens (including phenoxy) is 2. The van der Waals surface area contributed by atoms with Gasteiger partial charge < -0.3 is 9.47 Å². The number of amides is 2. The van der Waals surface area contributed by atoms with Crippen molar-refractivity contribution in [1.82, 2.24) is 10.4 Å². The van der Waals surface area contributed by atoms with Gasteiger partial charge in [-0.1, -0.05) is 56.0 Å². The zero-order chi connectivity index (χ0) is 21.5. The molecule has 7 nitrogen and oxygen atoms in total. The smallest absolute Gasteiger partial charge is 0.416 e. The number of nitrogens with zero attached hydrogens (tertiary/aromatic N) is 1. The number of imide groups is 1. The molecule has 1 saturated carbocycles. The fourth-order valence-electron chi connectivity index (χ4n) is 4.93. The number of hydrogen-bond donors (Lipinski definition) is 1. The molecule has 0 bridgehead atoms. The minimum Gasteiger partial charge on any atom is -0.447 e. The number of hydroxylamine groups is 1. The van der Waals surface area contributed by atoms with Gasteiger partial charge in [0, 0.05) is 19.6 Å². The van der Waals surface area contributed by atoms with Gasteiger partial charge in [-0.25, -0.2) is 9.69 Å². The Morgan fingerprint density at radius 2 is 1.90 bits per heavy atom. The lowest BCUT2D eigenvalue weighted by Crippen LogP contribution is -2.46. The van der Waals surface area contributed by atoms with Gasteiger partial charge >= 0.3 is 6.09 Å². The molecule has 1 aromatic rings. The van der Waals surface area contributed by atoms with Gasteiger partial charge in [0.25, 0.3) is 0 Å². The normalized spacial score (nSPS) is 25.5. The summed E-state index contributed by atoms with van der Waals surface area (Å²) in [5.41, 5.74) is 4.08. The lowest BCUT2D eigenvalue weighted by Gasteiger charge is -2.28. The zero-order valence-electron chi connectivity index (χ0n) is 18.2. The van der Waals surface area contributed by atoms with E-state index in [1.165, 1.54) is 17.7 Å². The summed E-state index contributed by atoms with van der Waals surface area (Å²) in [6.45, 7) is 1.32. The standard InChI is InChI=1S/C24H34N2O5/c27-23(26-21(17-30-24(26)28)15-19-8-2-1-3-9-19)20(14-18-10-4-5-11-18)16-25-31-22-12-6-7-13-29-22/h1-3,8-9,18,20-22,25H,4-7,10-17H2. The molecule has 0 spiro atoms. The molecule has 3 unspecified atom stereocenters. The molecule has 170 valence electrons. The minimum absolute atomic E-state index is 0.156. The maximum atomic E-state index is 13.5. The van der Waals surface area contributed by atoms with Crippen LogP contribution in [0.4, 0.5) is 4.79 Å². The highest BCUT2D eigenvalue weighted by Crippen LogP contribution is 2.32. The van der Waals surface area contributed by atoms with Crippen LogP contribution in [0.2, 0.25) is 0 Å². The van der Waals surface area contributed by atoms with E-state index >= 15 is 0 Å². The van der Waals surface area contributed by atoms with Gasteiger partial charge in [-0.15, -0.1) is 0 Å². The first-order valence-electron chi connectivity index (χ1n) is 11.7. The van der Waals surface area contributed by atoms with Crippen molar-refractivity contribution in [3.05, 3.63) is 35.9 Å². The summed E-state index contributed by atoms with van der Waals surface area (Å²) in [4.78, 5) is 33.0. The second-order valence-corrected chi connectivity index (χ2v) is 8.97. The Hall–Kier alpha value is -1.96. The van der Waals surface area contributed by atoms with Crippen LogP contribution in [-0.4, -0.2) is 49.0 Å². The van der Waals surface area contributed by atoms with Crippen LogP contribution in [-0.2, 0) is 25.5 Å². The van der Waals surface area contributed by atoms with Crippen LogP contribution in [0.3, 0.4) is 0 Å². The molecular weight excluding hydrogens is 396 g/mol. The molecule has 31 heavy (non-hydrogen) atoms. The first-order valence-corrected chi connectivity index (χ1v) is 11.7. The van der Waals surface area contributed by atoms with Crippen molar-refractivity contribution in [3.8, 4) is 0 Å². The lowest BCUT2D eigenvalue weighted by atomic mass is 9.91. The first kappa shape index (κ1) is 22.2. The Kier molecular flexibility index (Phi) is 7.94. The third kappa shape index (κ3) is 6.05. The summed E-state index contributed by atoms with van der Waals surface area (Å²) < 4.78 is 10.9. The Labute approximate surface area is 184 Å². The number of rotatable bonds is 9. The topological polar surface area (TPSA) is 77.1 Å². The second-order valence-electron chi connectivity index (χ2n) is 8.97. The molecule has 2 amide bonds.